The first-order valence-electron chi connectivity index (χ1n) is 5.61. The number of methoxy groups -OCH3 is 1. The van der Waals surface area contributed by atoms with Gasteiger partial charge in [-0.2, -0.15) is 0 Å². The van der Waals surface area contributed by atoms with Gasteiger partial charge in [0.15, 0.2) is 0 Å². The average Bonchev–Trinajstić information content (AvgIpc) is 2.89. The zero-order chi connectivity index (χ0) is 13.0. The van der Waals surface area contributed by atoms with Crippen LogP contribution in [-0.2, 0) is 4.74 Å². The number of imidazole rings is 1. The van der Waals surface area contributed by atoms with Gasteiger partial charge in [-0.15, -0.1) is 0 Å². The van der Waals surface area contributed by atoms with Crippen LogP contribution in [0.3, 0.4) is 0 Å². The molecular formula is C13H14N2O3. The van der Waals surface area contributed by atoms with Gasteiger partial charge < -0.3 is 14.5 Å². The van der Waals surface area contributed by atoms with Crippen molar-refractivity contribution in [1.82, 2.24) is 9.97 Å². The van der Waals surface area contributed by atoms with Gasteiger partial charge in [0.25, 0.3) is 0 Å². The first kappa shape index (κ1) is 12.2. The highest BCUT2D eigenvalue weighted by atomic mass is 16.5. The fraction of sp³-hybridized carbons (Fsp3) is 0.231. The van der Waals surface area contributed by atoms with Crippen molar-refractivity contribution in [2.75, 3.05) is 13.7 Å². The highest BCUT2D eigenvalue weighted by molar-refractivity contribution is 5.86. The number of hydrogen-bond acceptors (Lipinski definition) is 4. The number of nitrogens with one attached hydrogen (secondary N) is 1. The maximum atomic E-state index is 11.3. The lowest BCUT2D eigenvalue weighted by Gasteiger charge is -2.03. The molecule has 94 valence electrons. The third kappa shape index (κ3) is 2.51. The Balaban J connectivity index is 2.20. The van der Waals surface area contributed by atoms with E-state index in [1.165, 1.54) is 7.11 Å². The molecule has 0 atom stereocenters. The minimum Gasteiger partial charge on any atom is -0.494 e. The van der Waals surface area contributed by atoms with E-state index in [0.717, 1.165) is 17.0 Å². The van der Waals surface area contributed by atoms with Gasteiger partial charge in [-0.25, -0.2) is 9.78 Å². The molecule has 0 saturated heterocycles. The number of H-pyrrole nitrogens is 1. The predicted octanol–water partition coefficient (Wildman–Crippen LogP) is 2.26. The minimum atomic E-state index is -0.479. The van der Waals surface area contributed by atoms with Crippen molar-refractivity contribution in [3.63, 3.8) is 0 Å². The Hall–Kier alpha value is -2.30. The van der Waals surface area contributed by atoms with Gasteiger partial charge in [0.2, 0.25) is 5.82 Å². The molecule has 1 aromatic carbocycles. The summed E-state index contributed by atoms with van der Waals surface area (Å²) in [7, 11) is 1.32. The molecule has 0 amide bonds. The molecule has 0 aliphatic carbocycles. The molecule has 2 rings (SSSR count). The smallest absolute Gasteiger partial charge is 0.374 e. The number of carbonyl (C=O) groups is 1. The van der Waals surface area contributed by atoms with Gasteiger partial charge in [0.05, 0.1) is 25.6 Å². The molecule has 0 spiro atoms. The van der Waals surface area contributed by atoms with Crippen molar-refractivity contribution >= 4 is 5.97 Å². The zero-order valence-electron chi connectivity index (χ0n) is 10.3. The van der Waals surface area contributed by atoms with E-state index in [0.29, 0.717) is 6.61 Å². The summed E-state index contributed by atoms with van der Waals surface area (Å²) in [4.78, 5) is 18.1. The van der Waals surface area contributed by atoms with E-state index >= 15 is 0 Å². The van der Waals surface area contributed by atoms with Gasteiger partial charge in [0, 0.05) is 0 Å². The number of carbonyl (C=O) groups excluding carboxylic acids is 1. The third-order valence-electron chi connectivity index (χ3n) is 2.43. The van der Waals surface area contributed by atoms with Crippen molar-refractivity contribution in [2.45, 2.75) is 6.92 Å². The van der Waals surface area contributed by atoms with Crippen LogP contribution in [0.1, 0.15) is 17.5 Å². The molecule has 5 heteroatoms. The molecule has 0 aliphatic heterocycles. The summed E-state index contributed by atoms with van der Waals surface area (Å²) in [5.74, 6) is 0.530. The molecule has 1 N–H and O–H groups in total. The number of esters is 1. The Bertz CT molecular complexity index is 531. The Morgan fingerprint density at radius 3 is 2.67 bits per heavy atom. The van der Waals surface area contributed by atoms with E-state index in [1.54, 1.807) is 6.20 Å². The number of rotatable bonds is 4. The Morgan fingerprint density at radius 1 is 1.33 bits per heavy atom. The van der Waals surface area contributed by atoms with Crippen LogP contribution in [0, 0.1) is 0 Å². The van der Waals surface area contributed by atoms with E-state index in [1.807, 2.05) is 31.2 Å². The lowest BCUT2D eigenvalue weighted by atomic mass is 10.2. The zero-order valence-corrected chi connectivity index (χ0v) is 10.3. The number of hydrogen-bond donors (Lipinski definition) is 1. The number of benzene rings is 1. The molecule has 1 aromatic heterocycles. The number of nitrogens with zero attached hydrogens (tertiary/aromatic N) is 1. The van der Waals surface area contributed by atoms with Crippen molar-refractivity contribution in [3.05, 3.63) is 36.3 Å². The van der Waals surface area contributed by atoms with Crippen LogP contribution in [0.5, 0.6) is 5.75 Å². The van der Waals surface area contributed by atoms with E-state index in [9.17, 15) is 4.79 Å². The molecule has 1 heterocycles. The topological polar surface area (TPSA) is 64.2 Å². The summed E-state index contributed by atoms with van der Waals surface area (Å²) in [6.07, 6.45) is 1.60. The van der Waals surface area contributed by atoms with Gasteiger partial charge in [-0.05, 0) is 36.8 Å². The van der Waals surface area contributed by atoms with Crippen molar-refractivity contribution in [2.24, 2.45) is 0 Å². The first-order valence-corrected chi connectivity index (χ1v) is 5.61. The van der Waals surface area contributed by atoms with Crippen LogP contribution in [0.25, 0.3) is 11.3 Å². The normalized spacial score (nSPS) is 10.1. The van der Waals surface area contributed by atoms with Crippen molar-refractivity contribution in [3.8, 4) is 17.0 Å². The maximum absolute atomic E-state index is 11.3. The summed E-state index contributed by atoms with van der Waals surface area (Å²) in [6.45, 7) is 2.57. The summed E-state index contributed by atoms with van der Waals surface area (Å²) in [5.41, 5.74) is 1.69. The van der Waals surface area contributed by atoms with Crippen LogP contribution >= 0.6 is 0 Å². The monoisotopic (exact) mass is 246 g/mol. The number of aromatic nitrogens is 2. The summed E-state index contributed by atoms with van der Waals surface area (Å²) in [6, 6.07) is 7.55. The van der Waals surface area contributed by atoms with Crippen LogP contribution in [0.4, 0.5) is 0 Å². The molecule has 18 heavy (non-hydrogen) atoms. The maximum Gasteiger partial charge on any atom is 0.374 e. The molecule has 5 nitrogen and oxygen atoms in total. The van der Waals surface area contributed by atoms with E-state index in [-0.39, 0.29) is 5.82 Å². The van der Waals surface area contributed by atoms with Crippen LogP contribution < -0.4 is 4.74 Å². The largest absolute Gasteiger partial charge is 0.494 e. The molecule has 2 aromatic rings. The van der Waals surface area contributed by atoms with E-state index in [4.69, 9.17) is 4.74 Å². The van der Waals surface area contributed by atoms with Crippen LogP contribution in [0.2, 0.25) is 0 Å². The minimum absolute atomic E-state index is 0.196. The second kappa shape index (κ2) is 5.35. The summed E-state index contributed by atoms with van der Waals surface area (Å²) in [5, 5.41) is 0. The average molecular weight is 246 g/mol. The third-order valence-corrected chi connectivity index (χ3v) is 2.43. The second-order valence-corrected chi connectivity index (χ2v) is 3.59. The number of ether oxygens (including phenoxy) is 2. The van der Waals surface area contributed by atoms with E-state index in [2.05, 4.69) is 14.7 Å². The molecule has 0 bridgehead atoms. The Kier molecular flexibility index (Phi) is 3.62. The fourth-order valence-corrected chi connectivity index (χ4v) is 1.57. The molecule has 0 aliphatic rings. The molecule has 0 unspecified atom stereocenters. The molecule has 0 fully saturated rings. The van der Waals surface area contributed by atoms with Gasteiger partial charge in [-0.1, -0.05) is 0 Å². The molecule has 0 saturated carbocycles. The Morgan fingerprint density at radius 2 is 2.06 bits per heavy atom. The highest BCUT2D eigenvalue weighted by Crippen LogP contribution is 2.20. The van der Waals surface area contributed by atoms with Gasteiger partial charge >= 0.3 is 5.97 Å². The SMILES string of the molecule is CCOc1ccc(-c2cnc(C(=O)OC)[nH]2)cc1. The lowest BCUT2D eigenvalue weighted by Crippen LogP contribution is -2.03. The fourth-order valence-electron chi connectivity index (χ4n) is 1.57. The first-order chi connectivity index (χ1) is 8.74. The standard InChI is InChI=1S/C13H14N2O3/c1-3-18-10-6-4-9(5-7-10)11-8-14-12(15-11)13(16)17-2/h4-8H,3H2,1-2H3,(H,14,15). The molecule has 0 radical (unpaired) electrons. The highest BCUT2D eigenvalue weighted by Gasteiger charge is 2.10. The van der Waals surface area contributed by atoms with Crippen molar-refractivity contribution < 1.29 is 14.3 Å². The lowest BCUT2D eigenvalue weighted by molar-refractivity contribution is 0.0588. The van der Waals surface area contributed by atoms with E-state index < -0.39 is 5.97 Å². The predicted molar refractivity (Wildman–Crippen MR) is 66.5 cm³/mol. The second-order valence-electron chi connectivity index (χ2n) is 3.59. The molecular weight excluding hydrogens is 232 g/mol. The number of aromatic amines is 1. The van der Waals surface area contributed by atoms with Crippen molar-refractivity contribution in [1.29, 1.82) is 0 Å². The van der Waals surface area contributed by atoms with Gasteiger partial charge in [-0.3, -0.25) is 0 Å². The summed E-state index contributed by atoms with van der Waals surface area (Å²) < 4.78 is 9.94. The summed E-state index contributed by atoms with van der Waals surface area (Å²) >= 11 is 0. The van der Waals surface area contributed by atoms with Gasteiger partial charge in [0.1, 0.15) is 5.75 Å². The quantitative estimate of drug-likeness (QED) is 0.840. The Labute approximate surface area is 105 Å². The van der Waals surface area contributed by atoms with Crippen LogP contribution in [0.15, 0.2) is 30.5 Å². The van der Waals surface area contributed by atoms with Crippen LogP contribution in [-0.4, -0.2) is 29.7 Å².